The molecule has 0 N–H and O–H groups in total. The van der Waals surface area contributed by atoms with E-state index in [-0.39, 0.29) is 4.90 Å². The summed E-state index contributed by atoms with van der Waals surface area (Å²) in [6.45, 7) is 3.51. The second kappa shape index (κ2) is 11.2. The molecule has 1 aliphatic heterocycles. The molecule has 13 heteroatoms. The number of hydrogen-bond donors (Lipinski definition) is 0. The van der Waals surface area contributed by atoms with Gasteiger partial charge in [-0.3, -0.25) is 23.4 Å². The van der Waals surface area contributed by atoms with E-state index < -0.39 is 71.3 Å². The van der Waals surface area contributed by atoms with Crippen LogP contribution in [0, 0.1) is 0 Å². The predicted molar refractivity (Wildman–Crippen MR) is 107 cm³/mol. The van der Waals surface area contributed by atoms with Gasteiger partial charge in [-0.05, 0) is 12.1 Å². The summed E-state index contributed by atoms with van der Waals surface area (Å²) >= 11 is 0. The van der Waals surface area contributed by atoms with Crippen LogP contribution in [-0.2, 0) is 57.2 Å². The van der Waals surface area contributed by atoms with Gasteiger partial charge in [0.05, 0.1) is 11.5 Å². The molecule has 1 saturated heterocycles. The zero-order valence-corrected chi connectivity index (χ0v) is 19.1. The zero-order valence-electron chi connectivity index (χ0n) is 18.3. The van der Waals surface area contributed by atoms with Crippen molar-refractivity contribution in [1.29, 1.82) is 0 Å². The Kier molecular flexibility index (Phi) is 8.91. The topological polar surface area (TPSA) is 158 Å². The molecule has 0 bridgehead atoms. The van der Waals surface area contributed by atoms with Crippen LogP contribution in [0.5, 0.6) is 0 Å². The van der Waals surface area contributed by atoms with Crippen LogP contribution < -0.4 is 0 Å². The third-order valence-electron chi connectivity index (χ3n) is 4.20. The Morgan fingerprint density at radius 3 is 1.76 bits per heavy atom. The van der Waals surface area contributed by atoms with Crippen LogP contribution in [-0.4, -0.2) is 69.6 Å². The summed E-state index contributed by atoms with van der Waals surface area (Å²) in [4.78, 5) is 46.5. The number of carbonyl (C=O) groups is 4. The van der Waals surface area contributed by atoms with E-state index in [4.69, 9.17) is 27.9 Å². The first kappa shape index (κ1) is 26.2. The lowest BCUT2D eigenvalue weighted by Crippen LogP contribution is -2.63. The second-order valence-electron chi connectivity index (χ2n) is 6.93. The Hall–Kier alpha value is -3.03. The smallest absolute Gasteiger partial charge is 0.305 e. The van der Waals surface area contributed by atoms with Crippen molar-refractivity contribution in [2.24, 2.45) is 0 Å². The highest BCUT2D eigenvalue weighted by Crippen LogP contribution is 2.30. The first-order valence-corrected chi connectivity index (χ1v) is 11.1. The molecule has 5 unspecified atom stereocenters. The molecule has 12 nitrogen and oxygen atoms in total. The molecule has 0 amide bonds. The minimum Gasteiger partial charge on any atom is -0.456 e. The van der Waals surface area contributed by atoms with Crippen molar-refractivity contribution in [1.82, 2.24) is 0 Å². The van der Waals surface area contributed by atoms with Gasteiger partial charge in [0.15, 0.2) is 12.2 Å². The number of benzene rings is 1. The van der Waals surface area contributed by atoms with Crippen molar-refractivity contribution < 1.29 is 55.5 Å². The van der Waals surface area contributed by atoms with Crippen molar-refractivity contribution in [3.63, 3.8) is 0 Å². The molecule has 2 rings (SSSR count). The first-order valence-electron chi connectivity index (χ1n) is 9.69. The summed E-state index contributed by atoms with van der Waals surface area (Å²) < 4.78 is 56.2. The molecule has 0 aromatic heterocycles. The lowest BCUT2D eigenvalue weighted by atomic mass is 9.98. The van der Waals surface area contributed by atoms with Gasteiger partial charge in [-0.15, -0.1) is 0 Å². The van der Waals surface area contributed by atoms with Gasteiger partial charge in [-0.2, -0.15) is 8.42 Å². The summed E-state index contributed by atoms with van der Waals surface area (Å²) in [6, 6.07) is 7.21. The highest BCUT2D eigenvalue weighted by molar-refractivity contribution is 7.86. The molecule has 5 atom stereocenters. The fraction of sp³-hybridized carbons (Fsp3) is 0.500. The third kappa shape index (κ3) is 7.51. The molecule has 1 aromatic carbocycles. The Labute approximate surface area is 190 Å². The van der Waals surface area contributed by atoms with Gasteiger partial charge in [0.1, 0.15) is 6.10 Å². The summed E-state index contributed by atoms with van der Waals surface area (Å²) in [5.41, 5.74) is 0. The van der Waals surface area contributed by atoms with E-state index in [1.54, 1.807) is 6.07 Å². The monoisotopic (exact) mass is 488 g/mol. The van der Waals surface area contributed by atoms with Crippen molar-refractivity contribution in [2.45, 2.75) is 63.3 Å². The normalized spacial score (nSPS) is 24.9. The molecule has 0 saturated carbocycles. The molecule has 182 valence electrons. The van der Waals surface area contributed by atoms with Crippen molar-refractivity contribution in [3.05, 3.63) is 30.3 Å². The van der Waals surface area contributed by atoms with Gasteiger partial charge in [0.25, 0.3) is 10.1 Å². The molecule has 1 aromatic rings. The minimum absolute atomic E-state index is 0.143. The molecule has 33 heavy (non-hydrogen) atoms. The van der Waals surface area contributed by atoms with Crippen LogP contribution in [0.25, 0.3) is 0 Å². The number of rotatable bonds is 8. The first-order chi connectivity index (χ1) is 15.4. The predicted octanol–water partition coefficient (Wildman–Crippen LogP) is 0.475. The fourth-order valence-corrected chi connectivity index (χ4v) is 4.00. The van der Waals surface area contributed by atoms with Crippen molar-refractivity contribution >= 4 is 34.0 Å². The van der Waals surface area contributed by atoms with Gasteiger partial charge in [-0.1, -0.05) is 18.2 Å². The quantitative estimate of drug-likeness (QED) is 0.283. The lowest BCUT2D eigenvalue weighted by molar-refractivity contribution is -0.298. The largest absolute Gasteiger partial charge is 0.456 e. The fourth-order valence-electron chi connectivity index (χ4n) is 3.06. The summed E-state index contributed by atoms with van der Waals surface area (Å²) in [5, 5.41) is 0. The molecule has 1 fully saturated rings. The SMILES string of the molecule is CC(=O)OC1OC(COS(=O)(=O)c2ccccc2)C(OC(C)=O)C(OC(C)=O)C1OC(C)=O. The number of esters is 4. The van der Waals surface area contributed by atoms with E-state index in [9.17, 15) is 27.6 Å². The molecular formula is C20H24O12S. The number of hydrogen-bond acceptors (Lipinski definition) is 12. The molecule has 0 spiro atoms. The van der Waals surface area contributed by atoms with Crippen LogP contribution in [0.3, 0.4) is 0 Å². The van der Waals surface area contributed by atoms with Crippen molar-refractivity contribution in [3.8, 4) is 0 Å². The highest BCUT2D eigenvalue weighted by Gasteiger charge is 2.53. The number of ether oxygens (including phenoxy) is 5. The van der Waals surface area contributed by atoms with E-state index in [0.717, 1.165) is 27.7 Å². The lowest BCUT2D eigenvalue weighted by Gasteiger charge is -2.43. The average molecular weight is 488 g/mol. The third-order valence-corrected chi connectivity index (χ3v) is 5.49. The molecule has 1 aliphatic rings. The summed E-state index contributed by atoms with van der Waals surface area (Å²) in [6.07, 6.45) is -7.49. The average Bonchev–Trinajstić information content (AvgIpc) is 2.70. The van der Waals surface area contributed by atoms with Crippen LogP contribution in [0.4, 0.5) is 0 Å². The molecule has 0 radical (unpaired) electrons. The van der Waals surface area contributed by atoms with E-state index in [2.05, 4.69) is 0 Å². The maximum atomic E-state index is 12.5. The van der Waals surface area contributed by atoms with E-state index in [1.165, 1.54) is 24.3 Å². The van der Waals surface area contributed by atoms with E-state index >= 15 is 0 Å². The molecular weight excluding hydrogens is 464 g/mol. The van der Waals surface area contributed by atoms with Crippen LogP contribution in [0.2, 0.25) is 0 Å². The van der Waals surface area contributed by atoms with Crippen LogP contribution in [0.1, 0.15) is 27.7 Å². The van der Waals surface area contributed by atoms with E-state index in [0.29, 0.717) is 0 Å². The zero-order chi connectivity index (χ0) is 24.8. The van der Waals surface area contributed by atoms with Gasteiger partial charge in [-0.25, -0.2) is 0 Å². The van der Waals surface area contributed by atoms with Crippen molar-refractivity contribution in [2.75, 3.05) is 6.61 Å². The van der Waals surface area contributed by atoms with Gasteiger partial charge in [0, 0.05) is 27.7 Å². The van der Waals surface area contributed by atoms with Gasteiger partial charge in [0.2, 0.25) is 12.4 Å². The van der Waals surface area contributed by atoms with Crippen LogP contribution >= 0.6 is 0 Å². The van der Waals surface area contributed by atoms with E-state index in [1.807, 2.05) is 0 Å². The summed E-state index contributed by atoms with van der Waals surface area (Å²) in [7, 11) is -4.25. The Morgan fingerprint density at radius 2 is 1.24 bits per heavy atom. The Balaban J connectivity index is 2.40. The maximum Gasteiger partial charge on any atom is 0.305 e. The van der Waals surface area contributed by atoms with Gasteiger partial charge < -0.3 is 23.7 Å². The number of carbonyl (C=O) groups excluding carboxylic acids is 4. The highest BCUT2D eigenvalue weighted by atomic mass is 32.2. The molecule has 1 heterocycles. The molecule has 0 aliphatic carbocycles. The van der Waals surface area contributed by atoms with Gasteiger partial charge >= 0.3 is 23.9 Å². The second-order valence-corrected chi connectivity index (χ2v) is 8.54. The Bertz CT molecular complexity index is 974. The minimum atomic E-state index is -4.25. The standard InChI is InChI=1S/C20H24O12S/c1-11(21)28-17-16(10-27-33(25,26)15-8-6-5-7-9-15)32-20(31-14(4)24)19(30-13(3)23)18(17)29-12(2)22/h5-9,16-20H,10H2,1-4H3. The Morgan fingerprint density at radius 1 is 0.758 bits per heavy atom. The maximum absolute atomic E-state index is 12.5. The van der Waals surface area contributed by atoms with Crippen LogP contribution in [0.15, 0.2) is 35.2 Å². The summed E-state index contributed by atoms with van der Waals surface area (Å²) in [5.74, 6) is -3.33.